The average molecular weight is 558 g/mol. The lowest BCUT2D eigenvalue weighted by Gasteiger charge is -2.31. The van der Waals surface area contributed by atoms with Gasteiger partial charge in [-0.1, -0.05) is 25.5 Å². The molecule has 2 aromatic rings. The molecule has 9 heteroatoms. The number of likely N-dealkylation sites (tertiary alicyclic amines) is 1. The average Bonchev–Trinajstić information content (AvgIpc) is 2.97. The van der Waals surface area contributed by atoms with Gasteiger partial charge in [0.1, 0.15) is 11.5 Å². The lowest BCUT2D eigenvalue weighted by Crippen LogP contribution is -2.41. The van der Waals surface area contributed by atoms with Crippen molar-refractivity contribution in [1.82, 2.24) is 14.1 Å². The van der Waals surface area contributed by atoms with Crippen LogP contribution in [0.1, 0.15) is 54.9 Å². The van der Waals surface area contributed by atoms with Crippen molar-refractivity contribution < 1.29 is 22.7 Å². The summed E-state index contributed by atoms with van der Waals surface area (Å²) in [5.41, 5.74) is 1.39. The van der Waals surface area contributed by atoms with Crippen LogP contribution in [0.5, 0.6) is 11.5 Å². The van der Waals surface area contributed by atoms with Crippen LogP contribution in [-0.4, -0.2) is 88.5 Å². The Bertz CT molecular complexity index is 1210. The summed E-state index contributed by atoms with van der Waals surface area (Å²) in [6.07, 6.45) is 6.14. The van der Waals surface area contributed by atoms with Crippen molar-refractivity contribution in [2.45, 2.75) is 50.3 Å². The highest BCUT2D eigenvalue weighted by Gasteiger charge is 2.29. The predicted octanol–water partition coefficient (Wildman–Crippen LogP) is 4.30. The Labute approximate surface area is 233 Å². The van der Waals surface area contributed by atoms with Gasteiger partial charge in [-0.3, -0.25) is 4.79 Å². The number of hydrogen-bond acceptors (Lipinski definition) is 6. The summed E-state index contributed by atoms with van der Waals surface area (Å²) in [7, 11) is -0.399. The Kier molecular flexibility index (Phi) is 10.3. The molecule has 0 saturated carbocycles. The van der Waals surface area contributed by atoms with E-state index in [1.165, 1.54) is 19.3 Å². The van der Waals surface area contributed by atoms with Gasteiger partial charge < -0.3 is 19.3 Å². The van der Waals surface area contributed by atoms with Crippen LogP contribution in [0.15, 0.2) is 47.4 Å². The molecular weight excluding hydrogens is 514 g/mol. The van der Waals surface area contributed by atoms with Gasteiger partial charge in [-0.15, -0.1) is 0 Å². The molecule has 1 unspecified atom stereocenters. The highest BCUT2D eigenvalue weighted by Crippen LogP contribution is 2.26. The molecule has 0 aromatic heterocycles. The molecule has 8 nitrogen and oxygen atoms in total. The van der Waals surface area contributed by atoms with Gasteiger partial charge in [0.25, 0.3) is 5.91 Å². The largest absolute Gasteiger partial charge is 0.497 e. The summed E-state index contributed by atoms with van der Waals surface area (Å²) in [6.45, 7) is 7.11. The van der Waals surface area contributed by atoms with Crippen molar-refractivity contribution in [3.05, 3.63) is 53.6 Å². The summed E-state index contributed by atoms with van der Waals surface area (Å²) in [6, 6.07) is 12.3. The smallest absolute Gasteiger partial charge is 0.253 e. The number of rotatable bonds is 11. The van der Waals surface area contributed by atoms with Crippen LogP contribution in [0, 0.1) is 5.92 Å². The molecule has 1 amide bonds. The predicted molar refractivity (Wildman–Crippen MR) is 153 cm³/mol. The number of piperidine rings is 2. The molecule has 0 aliphatic carbocycles. The fraction of sp³-hybridized carbons (Fsp3) is 0.567. The second-order valence-electron chi connectivity index (χ2n) is 10.8. The fourth-order valence-corrected chi connectivity index (χ4v) is 7.20. The van der Waals surface area contributed by atoms with Gasteiger partial charge in [0.05, 0.1) is 19.1 Å². The summed E-state index contributed by atoms with van der Waals surface area (Å²) >= 11 is 0. The van der Waals surface area contributed by atoms with E-state index < -0.39 is 10.0 Å². The molecule has 2 aliphatic rings. The normalized spacial score (nSPS) is 19.0. The van der Waals surface area contributed by atoms with E-state index in [-0.39, 0.29) is 10.8 Å². The van der Waals surface area contributed by atoms with Crippen molar-refractivity contribution in [2.24, 2.45) is 5.92 Å². The molecule has 0 N–H and O–H groups in total. The van der Waals surface area contributed by atoms with E-state index in [2.05, 4.69) is 11.8 Å². The van der Waals surface area contributed by atoms with E-state index in [1.54, 1.807) is 42.8 Å². The first-order valence-corrected chi connectivity index (χ1v) is 15.6. The third-order valence-electron chi connectivity index (χ3n) is 7.91. The number of carbonyl (C=O) groups is 1. The Balaban J connectivity index is 1.54. The fourth-order valence-electron chi connectivity index (χ4n) is 5.56. The van der Waals surface area contributed by atoms with Crippen molar-refractivity contribution in [3.8, 4) is 11.5 Å². The van der Waals surface area contributed by atoms with Crippen LogP contribution in [0.2, 0.25) is 0 Å². The first-order chi connectivity index (χ1) is 18.8. The number of amides is 1. The highest BCUT2D eigenvalue weighted by atomic mass is 32.2. The molecule has 2 saturated heterocycles. The van der Waals surface area contributed by atoms with Gasteiger partial charge in [0, 0.05) is 44.4 Å². The minimum atomic E-state index is -3.65. The number of benzene rings is 2. The maximum Gasteiger partial charge on any atom is 0.253 e. The molecule has 0 spiro atoms. The number of carbonyl (C=O) groups excluding carboxylic acids is 1. The molecule has 214 valence electrons. The number of nitrogens with zero attached hydrogens (tertiary/aromatic N) is 3. The van der Waals surface area contributed by atoms with Gasteiger partial charge in [-0.25, -0.2) is 8.42 Å². The van der Waals surface area contributed by atoms with Crippen molar-refractivity contribution in [1.29, 1.82) is 0 Å². The first kappa shape index (κ1) is 29.4. The van der Waals surface area contributed by atoms with E-state index >= 15 is 0 Å². The number of hydrogen-bond donors (Lipinski definition) is 0. The van der Waals surface area contributed by atoms with E-state index in [1.807, 2.05) is 23.1 Å². The van der Waals surface area contributed by atoms with Crippen LogP contribution in [0.25, 0.3) is 0 Å². The minimum absolute atomic E-state index is 0.149. The van der Waals surface area contributed by atoms with Gasteiger partial charge in [0.15, 0.2) is 0 Å². The van der Waals surface area contributed by atoms with E-state index in [4.69, 9.17) is 9.47 Å². The van der Waals surface area contributed by atoms with Gasteiger partial charge in [-0.05, 0) is 80.9 Å². The summed E-state index contributed by atoms with van der Waals surface area (Å²) < 4.78 is 39.3. The van der Waals surface area contributed by atoms with Crippen LogP contribution >= 0.6 is 0 Å². The van der Waals surface area contributed by atoms with Crippen LogP contribution in [0.3, 0.4) is 0 Å². The molecule has 2 aliphatic heterocycles. The molecule has 2 fully saturated rings. The second kappa shape index (κ2) is 13.6. The Morgan fingerprint density at radius 3 is 2.49 bits per heavy atom. The zero-order chi connectivity index (χ0) is 27.8. The summed E-state index contributed by atoms with van der Waals surface area (Å²) in [5.74, 6) is 1.62. The van der Waals surface area contributed by atoms with E-state index in [0.29, 0.717) is 44.1 Å². The first-order valence-electron chi connectivity index (χ1n) is 14.1. The molecule has 39 heavy (non-hydrogen) atoms. The van der Waals surface area contributed by atoms with Gasteiger partial charge in [0.2, 0.25) is 10.0 Å². The third-order valence-corrected chi connectivity index (χ3v) is 9.77. The maximum atomic E-state index is 13.8. The highest BCUT2D eigenvalue weighted by molar-refractivity contribution is 7.89. The van der Waals surface area contributed by atoms with Gasteiger partial charge >= 0.3 is 0 Å². The monoisotopic (exact) mass is 557 g/mol. The molecule has 4 rings (SSSR count). The topological polar surface area (TPSA) is 79.4 Å². The van der Waals surface area contributed by atoms with Gasteiger partial charge in [-0.2, -0.15) is 4.31 Å². The van der Waals surface area contributed by atoms with Crippen LogP contribution in [0.4, 0.5) is 0 Å². The van der Waals surface area contributed by atoms with Crippen LogP contribution in [-0.2, 0) is 16.4 Å². The molecule has 0 radical (unpaired) electrons. The minimum Gasteiger partial charge on any atom is -0.497 e. The number of sulfonamides is 1. The summed E-state index contributed by atoms with van der Waals surface area (Å²) in [4.78, 5) is 18.3. The Morgan fingerprint density at radius 1 is 0.974 bits per heavy atom. The molecule has 2 heterocycles. The molecular formula is C30H43N3O5S. The zero-order valence-corrected chi connectivity index (χ0v) is 24.4. The lowest BCUT2D eigenvalue weighted by molar-refractivity contribution is 0.0730. The van der Waals surface area contributed by atoms with Crippen molar-refractivity contribution >= 4 is 15.9 Å². The standard InChI is InChI=1S/C30H43N3O5S/c1-24-9-8-17-33(23-24)39(35,36)28-11-7-10-26(21-28)30(34)32(20-19-31-15-5-4-6-16-31)18-14-25-12-13-27(37-2)22-29(25)38-3/h7,10-13,21-22,24H,4-6,8-9,14-20,23H2,1-3H3. The summed E-state index contributed by atoms with van der Waals surface area (Å²) in [5, 5.41) is 0. The number of methoxy groups -OCH3 is 2. The molecule has 2 aromatic carbocycles. The van der Waals surface area contributed by atoms with E-state index in [9.17, 15) is 13.2 Å². The SMILES string of the molecule is COc1ccc(CCN(CCN2CCCCC2)C(=O)c2cccc(S(=O)(=O)N3CCCC(C)C3)c2)c(OC)c1. The molecule has 1 atom stereocenters. The third kappa shape index (κ3) is 7.52. The lowest BCUT2D eigenvalue weighted by atomic mass is 10.0. The Morgan fingerprint density at radius 2 is 1.77 bits per heavy atom. The second-order valence-corrected chi connectivity index (χ2v) is 12.7. The Hall–Kier alpha value is -2.62. The van der Waals surface area contributed by atoms with E-state index in [0.717, 1.165) is 49.5 Å². The number of ether oxygens (including phenoxy) is 2. The van der Waals surface area contributed by atoms with Crippen molar-refractivity contribution in [2.75, 3.05) is 60.0 Å². The zero-order valence-electron chi connectivity index (χ0n) is 23.6. The molecule has 0 bridgehead atoms. The van der Waals surface area contributed by atoms with Crippen LogP contribution < -0.4 is 9.47 Å². The van der Waals surface area contributed by atoms with Crippen molar-refractivity contribution in [3.63, 3.8) is 0 Å². The maximum absolute atomic E-state index is 13.8. The quantitative estimate of drug-likeness (QED) is 0.410.